The summed E-state index contributed by atoms with van der Waals surface area (Å²) in [7, 11) is 0. The Kier molecular flexibility index (Phi) is 5.49. The lowest BCUT2D eigenvalue weighted by molar-refractivity contribution is -0.132. The maximum Gasteiger partial charge on any atom is 0.225 e. The number of hydrogen-bond donors (Lipinski definition) is 0. The van der Waals surface area contributed by atoms with Crippen LogP contribution in [0, 0.1) is 5.92 Å². The van der Waals surface area contributed by atoms with Crippen molar-refractivity contribution in [1.82, 2.24) is 19.5 Å². The van der Waals surface area contributed by atoms with Gasteiger partial charge in [0, 0.05) is 37.3 Å². The van der Waals surface area contributed by atoms with Gasteiger partial charge in [-0.2, -0.15) is 5.10 Å². The number of unbranched alkanes of at least 4 members (excludes halogenated alkanes) is 1. The van der Waals surface area contributed by atoms with Gasteiger partial charge >= 0.3 is 0 Å². The Morgan fingerprint density at radius 3 is 2.94 bits per heavy atom. The average Bonchev–Trinajstić information content (AvgIpc) is 3.56. The number of fused-ring (bicyclic) bond motifs is 4. The van der Waals surface area contributed by atoms with E-state index in [4.69, 9.17) is 9.72 Å². The minimum Gasteiger partial charge on any atom is -0.492 e. The van der Waals surface area contributed by atoms with Crippen LogP contribution in [0.5, 0.6) is 5.75 Å². The Bertz CT molecular complexity index is 1070. The molecular formula is C24H29N5O2. The molecular weight excluding hydrogens is 390 g/mol. The number of carbonyl (C=O) groups excluding carboxylic acids is 1. The average molecular weight is 420 g/mol. The quantitative estimate of drug-likeness (QED) is 0.646. The molecule has 7 heteroatoms. The number of aromatic nitrogens is 3. The van der Waals surface area contributed by atoms with Gasteiger partial charge in [-0.1, -0.05) is 25.5 Å². The van der Waals surface area contributed by atoms with Crippen LogP contribution in [-0.4, -0.2) is 58.2 Å². The van der Waals surface area contributed by atoms with Crippen molar-refractivity contribution in [2.45, 2.75) is 32.6 Å². The third kappa shape index (κ3) is 4.22. The van der Waals surface area contributed by atoms with Gasteiger partial charge in [0.05, 0.1) is 12.7 Å². The normalized spacial score (nSPS) is 16.9. The molecule has 1 fully saturated rings. The Balaban J connectivity index is 1.54. The lowest BCUT2D eigenvalue weighted by Crippen LogP contribution is -2.42. The second kappa shape index (κ2) is 8.57. The monoisotopic (exact) mass is 419 g/mol. The molecule has 1 saturated carbocycles. The number of benzene rings is 1. The second-order valence-corrected chi connectivity index (χ2v) is 8.43. The van der Waals surface area contributed by atoms with Crippen LogP contribution in [-0.2, 0) is 4.79 Å². The van der Waals surface area contributed by atoms with Gasteiger partial charge in [-0.05, 0) is 43.0 Å². The first-order valence-electron chi connectivity index (χ1n) is 11.3. The Labute approximate surface area is 182 Å². The summed E-state index contributed by atoms with van der Waals surface area (Å²) in [6.07, 6.45) is 8.06. The summed E-state index contributed by atoms with van der Waals surface area (Å²) in [6, 6.07) is 10.1. The van der Waals surface area contributed by atoms with Gasteiger partial charge < -0.3 is 14.5 Å². The van der Waals surface area contributed by atoms with Crippen LogP contribution in [0.2, 0.25) is 0 Å². The van der Waals surface area contributed by atoms with Gasteiger partial charge in [-0.3, -0.25) is 4.79 Å². The van der Waals surface area contributed by atoms with Gasteiger partial charge in [0.25, 0.3) is 0 Å². The highest BCUT2D eigenvalue weighted by Gasteiger charge is 2.33. The van der Waals surface area contributed by atoms with E-state index in [0.29, 0.717) is 19.7 Å². The van der Waals surface area contributed by atoms with Crippen LogP contribution in [0.15, 0.2) is 42.7 Å². The Morgan fingerprint density at radius 2 is 2.10 bits per heavy atom. The number of nitrogens with zero attached hydrogens (tertiary/aromatic N) is 5. The van der Waals surface area contributed by atoms with E-state index >= 15 is 0 Å². The van der Waals surface area contributed by atoms with Crippen LogP contribution in [0.25, 0.3) is 16.8 Å². The lowest BCUT2D eigenvalue weighted by atomic mass is 10.1. The summed E-state index contributed by atoms with van der Waals surface area (Å²) >= 11 is 0. The molecule has 0 atom stereocenters. The van der Waals surface area contributed by atoms with Crippen molar-refractivity contribution < 1.29 is 9.53 Å². The summed E-state index contributed by atoms with van der Waals surface area (Å²) in [5.41, 5.74) is 2.85. The van der Waals surface area contributed by atoms with Crippen LogP contribution >= 0.6 is 0 Å². The Morgan fingerprint density at radius 1 is 1.19 bits per heavy atom. The van der Waals surface area contributed by atoms with Gasteiger partial charge in [-0.15, -0.1) is 0 Å². The molecule has 2 aliphatic rings. The molecule has 1 amide bonds. The number of rotatable bonds is 4. The highest BCUT2D eigenvalue weighted by Crippen LogP contribution is 2.31. The van der Waals surface area contributed by atoms with Crippen molar-refractivity contribution in [2.24, 2.45) is 5.92 Å². The van der Waals surface area contributed by atoms with Crippen molar-refractivity contribution in [1.29, 1.82) is 0 Å². The van der Waals surface area contributed by atoms with Crippen molar-refractivity contribution >= 4 is 17.4 Å². The second-order valence-electron chi connectivity index (χ2n) is 8.43. The van der Waals surface area contributed by atoms with Gasteiger partial charge in [0.2, 0.25) is 5.91 Å². The fourth-order valence-corrected chi connectivity index (χ4v) is 4.12. The summed E-state index contributed by atoms with van der Waals surface area (Å²) in [4.78, 5) is 22.2. The molecule has 162 valence electrons. The summed E-state index contributed by atoms with van der Waals surface area (Å²) in [5, 5.41) is 4.50. The van der Waals surface area contributed by atoms with Gasteiger partial charge in [-0.25, -0.2) is 9.50 Å². The number of hydrogen-bond acceptors (Lipinski definition) is 5. The maximum absolute atomic E-state index is 12.9. The van der Waals surface area contributed by atoms with Gasteiger partial charge in [0.15, 0.2) is 5.65 Å². The number of carbonyl (C=O) groups is 1. The predicted molar refractivity (Wildman–Crippen MR) is 120 cm³/mol. The van der Waals surface area contributed by atoms with E-state index in [-0.39, 0.29) is 11.8 Å². The van der Waals surface area contributed by atoms with Crippen molar-refractivity contribution in [3.05, 3.63) is 42.7 Å². The maximum atomic E-state index is 12.9. The molecule has 7 nitrogen and oxygen atoms in total. The van der Waals surface area contributed by atoms with Crippen LogP contribution in [0.1, 0.15) is 32.6 Å². The van der Waals surface area contributed by atoms with Crippen LogP contribution in [0.4, 0.5) is 5.82 Å². The fraction of sp³-hybridized carbons (Fsp3) is 0.458. The van der Waals surface area contributed by atoms with Crippen molar-refractivity contribution in [3.8, 4) is 16.9 Å². The molecule has 0 unspecified atom stereocenters. The summed E-state index contributed by atoms with van der Waals surface area (Å²) in [5.74, 6) is 2.20. The zero-order valence-corrected chi connectivity index (χ0v) is 18.0. The molecule has 4 bridgehead atoms. The van der Waals surface area contributed by atoms with E-state index in [2.05, 4.69) is 23.0 Å². The zero-order valence-electron chi connectivity index (χ0n) is 18.0. The minimum absolute atomic E-state index is 0.204. The van der Waals surface area contributed by atoms with E-state index in [0.717, 1.165) is 67.1 Å². The first-order valence-corrected chi connectivity index (χ1v) is 11.3. The molecule has 3 aromatic rings. The first-order chi connectivity index (χ1) is 15.2. The molecule has 3 heterocycles. The van der Waals surface area contributed by atoms with E-state index in [9.17, 15) is 4.79 Å². The molecule has 5 rings (SSSR count). The highest BCUT2D eigenvalue weighted by molar-refractivity contribution is 5.81. The van der Waals surface area contributed by atoms with Crippen LogP contribution < -0.4 is 9.64 Å². The molecule has 31 heavy (non-hydrogen) atoms. The fourth-order valence-electron chi connectivity index (χ4n) is 4.12. The standard InChI is InChI=1S/C24H29N5O2/c1-2-3-10-27-12-13-28(24(30)18-7-8-18)14-15-31-20-6-4-5-19(16-20)21-17-25-29-11-9-22(27)26-23(21)29/h4-6,9,11,16-18H,2-3,7-8,10,12-15H2,1H3. The third-order valence-electron chi connectivity index (χ3n) is 6.11. The molecule has 0 radical (unpaired) electrons. The molecule has 0 spiro atoms. The molecule has 2 aromatic heterocycles. The lowest BCUT2D eigenvalue weighted by Gasteiger charge is -2.29. The van der Waals surface area contributed by atoms with Crippen molar-refractivity contribution in [3.63, 3.8) is 0 Å². The highest BCUT2D eigenvalue weighted by atomic mass is 16.5. The smallest absolute Gasteiger partial charge is 0.225 e. The number of anilines is 1. The summed E-state index contributed by atoms with van der Waals surface area (Å²) < 4.78 is 7.85. The molecule has 0 N–H and O–H groups in total. The summed E-state index contributed by atoms with van der Waals surface area (Å²) in [6.45, 7) is 5.65. The number of ether oxygens (including phenoxy) is 1. The van der Waals surface area contributed by atoms with E-state index < -0.39 is 0 Å². The third-order valence-corrected chi connectivity index (χ3v) is 6.11. The SMILES string of the molecule is CCCCN1CCN(C(=O)C2CC2)CCOc2cccc(c2)-c2cnn3ccc1nc23. The topological polar surface area (TPSA) is 63.0 Å². The molecule has 1 aromatic carbocycles. The zero-order chi connectivity index (χ0) is 21.2. The van der Waals surface area contributed by atoms with E-state index in [1.807, 2.05) is 46.1 Å². The van der Waals surface area contributed by atoms with Crippen molar-refractivity contribution in [2.75, 3.05) is 37.7 Å². The molecule has 1 aliphatic carbocycles. The largest absolute Gasteiger partial charge is 0.492 e. The predicted octanol–water partition coefficient (Wildman–Crippen LogP) is 3.63. The van der Waals surface area contributed by atoms with Crippen LogP contribution in [0.3, 0.4) is 0 Å². The van der Waals surface area contributed by atoms with E-state index in [1.165, 1.54) is 0 Å². The number of amides is 1. The molecule has 1 aliphatic heterocycles. The van der Waals surface area contributed by atoms with Gasteiger partial charge in [0.1, 0.15) is 18.2 Å². The Hall–Kier alpha value is -3.09. The molecule has 0 saturated heterocycles. The van der Waals surface area contributed by atoms with E-state index in [1.54, 1.807) is 0 Å². The first kappa shape index (κ1) is 19.8. The minimum atomic E-state index is 0.204.